The topological polar surface area (TPSA) is 12.0 Å². The third-order valence-electron chi connectivity index (χ3n) is 3.43. The molecule has 2 rings (SSSR count). The standard InChI is InChI=1S/C16H25N/c1-16(2,3)12-13-7-9-14(10-8-13)15-6-4-5-11-17-15/h7-10,15,17H,4-6,11-12H2,1-3H3. The number of piperidine rings is 1. The van der Waals surface area contributed by atoms with Crippen molar-refractivity contribution in [3.63, 3.8) is 0 Å². The van der Waals surface area contributed by atoms with Gasteiger partial charge in [0.25, 0.3) is 0 Å². The van der Waals surface area contributed by atoms with Crippen LogP contribution in [-0.2, 0) is 6.42 Å². The van der Waals surface area contributed by atoms with Crippen LogP contribution in [0.3, 0.4) is 0 Å². The second kappa shape index (κ2) is 5.22. The fraction of sp³-hybridized carbons (Fsp3) is 0.625. The van der Waals surface area contributed by atoms with Gasteiger partial charge in [0.1, 0.15) is 0 Å². The molecule has 0 amide bonds. The molecule has 0 saturated carbocycles. The van der Waals surface area contributed by atoms with Crippen molar-refractivity contribution in [3.8, 4) is 0 Å². The minimum atomic E-state index is 0.380. The Hall–Kier alpha value is -0.820. The summed E-state index contributed by atoms with van der Waals surface area (Å²) in [6.45, 7) is 8.06. The van der Waals surface area contributed by atoms with Gasteiger partial charge < -0.3 is 5.32 Å². The molecule has 0 aliphatic carbocycles. The van der Waals surface area contributed by atoms with Crippen LogP contribution in [0.15, 0.2) is 24.3 Å². The molecular formula is C16H25N. The van der Waals surface area contributed by atoms with Crippen LogP contribution < -0.4 is 5.32 Å². The molecule has 0 spiro atoms. The van der Waals surface area contributed by atoms with Crippen LogP contribution in [0, 0.1) is 5.41 Å². The van der Waals surface area contributed by atoms with Crippen molar-refractivity contribution in [3.05, 3.63) is 35.4 Å². The van der Waals surface area contributed by atoms with Crippen LogP contribution in [-0.4, -0.2) is 6.54 Å². The van der Waals surface area contributed by atoms with E-state index in [4.69, 9.17) is 0 Å². The maximum atomic E-state index is 3.60. The summed E-state index contributed by atoms with van der Waals surface area (Å²) in [6, 6.07) is 9.81. The average Bonchev–Trinajstić information content (AvgIpc) is 2.29. The second-order valence-electron chi connectivity index (χ2n) is 6.48. The number of hydrogen-bond acceptors (Lipinski definition) is 1. The fourth-order valence-electron chi connectivity index (χ4n) is 2.62. The zero-order chi connectivity index (χ0) is 12.3. The maximum Gasteiger partial charge on any atom is 0.0320 e. The lowest BCUT2D eigenvalue weighted by Gasteiger charge is -2.24. The molecule has 94 valence electrons. The third-order valence-corrected chi connectivity index (χ3v) is 3.43. The Bertz CT molecular complexity index is 339. The van der Waals surface area contributed by atoms with Crippen LogP contribution in [0.25, 0.3) is 0 Å². The molecule has 1 aromatic carbocycles. The van der Waals surface area contributed by atoms with E-state index in [0.717, 1.165) is 6.42 Å². The first-order chi connectivity index (χ1) is 8.04. The highest BCUT2D eigenvalue weighted by atomic mass is 14.9. The van der Waals surface area contributed by atoms with Crippen molar-refractivity contribution in [1.29, 1.82) is 0 Å². The van der Waals surface area contributed by atoms with Crippen molar-refractivity contribution >= 4 is 0 Å². The summed E-state index contributed by atoms with van der Waals surface area (Å²) < 4.78 is 0. The predicted molar refractivity (Wildman–Crippen MR) is 74.2 cm³/mol. The first kappa shape index (κ1) is 12.6. The molecule has 1 aromatic rings. The number of rotatable bonds is 2. The van der Waals surface area contributed by atoms with Gasteiger partial charge in [-0.05, 0) is 42.3 Å². The van der Waals surface area contributed by atoms with E-state index in [1.54, 1.807) is 0 Å². The van der Waals surface area contributed by atoms with Crippen LogP contribution in [0.5, 0.6) is 0 Å². The first-order valence-corrected chi connectivity index (χ1v) is 6.87. The summed E-state index contributed by atoms with van der Waals surface area (Å²) in [5.41, 5.74) is 3.30. The fourth-order valence-corrected chi connectivity index (χ4v) is 2.62. The van der Waals surface area contributed by atoms with Crippen molar-refractivity contribution in [2.24, 2.45) is 5.41 Å². The van der Waals surface area contributed by atoms with E-state index in [0.29, 0.717) is 11.5 Å². The van der Waals surface area contributed by atoms with Gasteiger partial charge in [-0.15, -0.1) is 0 Å². The molecule has 1 aliphatic rings. The zero-order valence-electron chi connectivity index (χ0n) is 11.4. The van der Waals surface area contributed by atoms with E-state index < -0.39 is 0 Å². The Labute approximate surface area is 106 Å². The van der Waals surface area contributed by atoms with E-state index in [9.17, 15) is 0 Å². The van der Waals surface area contributed by atoms with E-state index in [1.165, 1.54) is 36.9 Å². The molecule has 17 heavy (non-hydrogen) atoms. The van der Waals surface area contributed by atoms with Crippen LogP contribution in [0.4, 0.5) is 0 Å². The Kier molecular flexibility index (Phi) is 3.88. The molecular weight excluding hydrogens is 206 g/mol. The molecule has 1 fully saturated rings. The summed E-state index contributed by atoms with van der Waals surface area (Å²) in [5, 5.41) is 3.60. The molecule has 0 bridgehead atoms. The smallest absolute Gasteiger partial charge is 0.0320 e. The Morgan fingerprint density at radius 1 is 1.12 bits per heavy atom. The Morgan fingerprint density at radius 3 is 2.35 bits per heavy atom. The quantitative estimate of drug-likeness (QED) is 0.808. The highest BCUT2D eigenvalue weighted by Crippen LogP contribution is 2.25. The van der Waals surface area contributed by atoms with Crippen molar-refractivity contribution in [1.82, 2.24) is 5.32 Å². The van der Waals surface area contributed by atoms with Gasteiger partial charge in [-0.25, -0.2) is 0 Å². The minimum absolute atomic E-state index is 0.380. The predicted octanol–water partition coefficient (Wildman–Crippen LogP) is 4.09. The molecule has 1 saturated heterocycles. The highest BCUT2D eigenvalue weighted by molar-refractivity contribution is 5.26. The molecule has 1 atom stereocenters. The molecule has 1 heterocycles. The Morgan fingerprint density at radius 2 is 1.82 bits per heavy atom. The number of benzene rings is 1. The van der Waals surface area contributed by atoms with Crippen LogP contribution in [0.1, 0.15) is 57.2 Å². The first-order valence-electron chi connectivity index (χ1n) is 6.87. The van der Waals surface area contributed by atoms with Gasteiger partial charge in [-0.1, -0.05) is 51.5 Å². The van der Waals surface area contributed by atoms with Gasteiger partial charge in [0, 0.05) is 6.04 Å². The monoisotopic (exact) mass is 231 g/mol. The van der Waals surface area contributed by atoms with Crippen LogP contribution >= 0.6 is 0 Å². The normalized spacial score (nSPS) is 21.5. The second-order valence-corrected chi connectivity index (χ2v) is 6.48. The van der Waals surface area contributed by atoms with E-state index in [2.05, 4.69) is 50.4 Å². The number of hydrogen-bond donors (Lipinski definition) is 1. The van der Waals surface area contributed by atoms with E-state index in [1.807, 2.05) is 0 Å². The lowest BCUT2D eigenvalue weighted by Crippen LogP contribution is -2.26. The maximum absolute atomic E-state index is 3.60. The van der Waals surface area contributed by atoms with Gasteiger partial charge in [0.2, 0.25) is 0 Å². The molecule has 1 heteroatoms. The van der Waals surface area contributed by atoms with Gasteiger partial charge in [0.05, 0.1) is 0 Å². The summed E-state index contributed by atoms with van der Waals surface area (Å²) in [5.74, 6) is 0. The largest absolute Gasteiger partial charge is 0.310 e. The molecule has 0 radical (unpaired) electrons. The van der Waals surface area contributed by atoms with Gasteiger partial charge in [-0.3, -0.25) is 0 Å². The third kappa shape index (κ3) is 3.85. The average molecular weight is 231 g/mol. The summed E-state index contributed by atoms with van der Waals surface area (Å²) >= 11 is 0. The highest BCUT2D eigenvalue weighted by Gasteiger charge is 2.15. The SMILES string of the molecule is CC(C)(C)Cc1ccc(C2CCCCN2)cc1. The van der Waals surface area contributed by atoms with Gasteiger partial charge in [-0.2, -0.15) is 0 Å². The van der Waals surface area contributed by atoms with Gasteiger partial charge >= 0.3 is 0 Å². The van der Waals surface area contributed by atoms with Crippen LogP contribution in [0.2, 0.25) is 0 Å². The minimum Gasteiger partial charge on any atom is -0.310 e. The lowest BCUT2D eigenvalue weighted by molar-refractivity contribution is 0.408. The molecule has 1 N–H and O–H groups in total. The summed E-state index contributed by atoms with van der Waals surface area (Å²) in [4.78, 5) is 0. The summed E-state index contributed by atoms with van der Waals surface area (Å²) in [6.07, 6.45) is 5.14. The van der Waals surface area contributed by atoms with Crippen molar-refractivity contribution in [2.75, 3.05) is 6.54 Å². The van der Waals surface area contributed by atoms with E-state index in [-0.39, 0.29) is 0 Å². The molecule has 1 unspecified atom stereocenters. The molecule has 0 aromatic heterocycles. The van der Waals surface area contributed by atoms with Crippen molar-refractivity contribution < 1.29 is 0 Å². The lowest BCUT2D eigenvalue weighted by atomic mass is 9.87. The van der Waals surface area contributed by atoms with Gasteiger partial charge in [0.15, 0.2) is 0 Å². The van der Waals surface area contributed by atoms with E-state index >= 15 is 0 Å². The Balaban J connectivity index is 2.02. The summed E-state index contributed by atoms with van der Waals surface area (Å²) in [7, 11) is 0. The molecule has 1 aliphatic heterocycles. The zero-order valence-corrected chi connectivity index (χ0v) is 11.4. The molecule has 1 nitrogen and oxygen atoms in total. The van der Waals surface area contributed by atoms with Crippen molar-refractivity contribution in [2.45, 2.75) is 52.5 Å². The number of nitrogens with one attached hydrogen (secondary N) is 1.